The molecule has 0 aliphatic carbocycles. The maximum Gasteiger partial charge on any atom is 0.251 e. The van der Waals surface area contributed by atoms with E-state index in [9.17, 15) is 9.59 Å². The van der Waals surface area contributed by atoms with Gasteiger partial charge in [0.1, 0.15) is 0 Å². The number of amides is 2. The third-order valence-corrected chi connectivity index (χ3v) is 4.88. The first-order valence-electron chi connectivity index (χ1n) is 9.31. The predicted molar refractivity (Wildman–Crippen MR) is 105 cm³/mol. The Labute approximate surface area is 157 Å². The number of hydrogen-bond acceptors (Lipinski definition) is 3. The smallest absolute Gasteiger partial charge is 0.251 e. The molecule has 6 nitrogen and oxygen atoms in total. The van der Waals surface area contributed by atoms with Crippen molar-refractivity contribution in [2.24, 2.45) is 0 Å². The van der Waals surface area contributed by atoms with Crippen molar-refractivity contribution in [1.29, 1.82) is 0 Å². The Morgan fingerprint density at radius 3 is 2.89 bits per heavy atom. The predicted octanol–water partition coefficient (Wildman–Crippen LogP) is 2.98. The summed E-state index contributed by atoms with van der Waals surface area (Å²) in [7, 11) is 0. The number of para-hydroxylation sites is 2. The van der Waals surface area contributed by atoms with Crippen molar-refractivity contribution in [2.75, 3.05) is 18.0 Å². The lowest BCUT2D eigenvalue weighted by molar-refractivity contribution is -0.117. The van der Waals surface area contributed by atoms with Gasteiger partial charge in [0.2, 0.25) is 5.91 Å². The third kappa shape index (κ3) is 3.69. The Bertz CT molecular complexity index is 979. The second-order valence-electron chi connectivity index (χ2n) is 6.74. The van der Waals surface area contributed by atoms with Crippen LogP contribution in [-0.4, -0.2) is 34.5 Å². The molecular formula is C21H22N4O2. The number of rotatable bonds is 6. The molecule has 1 aliphatic heterocycles. The topological polar surface area (TPSA) is 67.2 Å². The van der Waals surface area contributed by atoms with Gasteiger partial charge in [0.15, 0.2) is 0 Å². The summed E-state index contributed by atoms with van der Waals surface area (Å²) < 4.78 is 2.10. The van der Waals surface area contributed by atoms with Crippen LogP contribution in [0.1, 0.15) is 29.6 Å². The average molecular weight is 362 g/mol. The van der Waals surface area contributed by atoms with Crippen LogP contribution in [0.15, 0.2) is 54.9 Å². The number of carbonyl (C=O) groups is 2. The van der Waals surface area contributed by atoms with Crippen molar-refractivity contribution in [2.45, 2.75) is 25.8 Å². The fourth-order valence-corrected chi connectivity index (χ4v) is 3.48. The molecule has 0 radical (unpaired) electrons. The summed E-state index contributed by atoms with van der Waals surface area (Å²) in [5, 5.41) is 2.96. The third-order valence-electron chi connectivity index (χ3n) is 4.88. The number of hydrogen-bond donors (Lipinski definition) is 1. The number of aromatic nitrogens is 2. The number of imidazole rings is 1. The highest BCUT2D eigenvalue weighted by atomic mass is 16.2. The van der Waals surface area contributed by atoms with Crippen molar-refractivity contribution in [3.63, 3.8) is 0 Å². The van der Waals surface area contributed by atoms with Gasteiger partial charge in [-0.2, -0.15) is 0 Å². The van der Waals surface area contributed by atoms with Crippen LogP contribution < -0.4 is 10.2 Å². The molecule has 1 aliphatic rings. The van der Waals surface area contributed by atoms with E-state index in [0.29, 0.717) is 18.5 Å². The van der Waals surface area contributed by atoms with Gasteiger partial charge >= 0.3 is 0 Å². The quantitative estimate of drug-likeness (QED) is 0.686. The summed E-state index contributed by atoms with van der Waals surface area (Å²) in [4.78, 5) is 30.5. The fourth-order valence-electron chi connectivity index (χ4n) is 3.48. The maximum atomic E-state index is 12.4. The van der Waals surface area contributed by atoms with Gasteiger partial charge in [-0.1, -0.05) is 18.2 Å². The van der Waals surface area contributed by atoms with Crippen LogP contribution in [0.3, 0.4) is 0 Å². The van der Waals surface area contributed by atoms with E-state index in [-0.39, 0.29) is 11.8 Å². The monoisotopic (exact) mass is 362 g/mol. The molecule has 4 rings (SSSR count). The Hall–Kier alpha value is -3.15. The number of aryl methyl sites for hydroxylation is 1. The van der Waals surface area contributed by atoms with Gasteiger partial charge in [-0.25, -0.2) is 4.98 Å². The van der Waals surface area contributed by atoms with Gasteiger partial charge in [-0.15, -0.1) is 0 Å². The average Bonchev–Trinajstić information content (AvgIpc) is 3.31. The van der Waals surface area contributed by atoms with E-state index in [4.69, 9.17) is 0 Å². The molecule has 1 aromatic heterocycles. The first-order valence-corrected chi connectivity index (χ1v) is 9.31. The van der Waals surface area contributed by atoms with Crippen molar-refractivity contribution in [3.8, 4) is 0 Å². The minimum atomic E-state index is -0.112. The standard InChI is InChI=1S/C21H22N4O2/c26-20-10-4-13-25(20)17-7-3-6-16(14-17)21(27)22-11-5-12-24-15-23-18-8-1-2-9-19(18)24/h1-3,6-9,14-15H,4-5,10-13H2,(H,22,27). The second-order valence-corrected chi connectivity index (χ2v) is 6.74. The molecule has 0 unspecified atom stereocenters. The van der Waals surface area contributed by atoms with Crippen LogP contribution in [0.25, 0.3) is 11.0 Å². The van der Waals surface area contributed by atoms with Crippen LogP contribution in [0.4, 0.5) is 5.69 Å². The molecular weight excluding hydrogens is 340 g/mol. The Morgan fingerprint density at radius 2 is 2.04 bits per heavy atom. The van der Waals surface area contributed by atoms with Gasteiger partial charge in [-0.05, 0) is 43.2 Å². The Kier molecular flexibility index (Phi) is 4.87. The van der Waals surface area contributed by atoms with Gasteiger partial charge < -0.3 is 14.8 Å². The molecule has 27 heavy (non-hydrogen) atoms. The summed E-state index contributed by atoms with van der Waals surface area (Å²) in [5.74, 6) is 0.0131. The summed E-state index contributed by atoms with van der Waals surface area (Å²) >= 11 is 0. The normalized spacial score (nSPS) is 14.1. The molecule has 6 heteroatoms. The van der Waals surface area contributed by atoms with Crippen LogP contribution in [-0.2, 0) is 11.3 Å². The summed E-state index contributed by atoms with van der Waals surface area (Å²) in [6.45, 7) is 2.10. The first kappa shape index (κ1) is 17.3. The Balaban J connectivity index is 1.32. The molecule has 2 aromatic carbocycles. The van der Waals surface area contributed by atoms with Crippen LogP contribution in [0, 0.1) is 0 Å². The zero-order valence-electron chi connectivity index (χ0n) is 15.1. The number of fused-ring (bicyclic) bond motifs is 1. The number of benzene rings is 2. The summed E-state index contributed by atoms with van der Waals surface area (Å²) in [6, 6.07) is 15.3. The highest BCUT2D eigenvalue weighted by Crippen LogP contribution is 2.22. The van der Waals surface area contributed by atoms with E-state index < -0.39 is 0 Å². The molecule has 3 aromatic rings. The largest absolute Gasteiger partial charge is 0.352 e. The van der Waals surface area contributed by atoms with Gasteiger partial charge in [0, 0.05) is 37.3 Å². The van der Waals surface area contributed by atoms with Crippen molar-refractivity contribution in [1.82, 2.24) is 14.9 Å². The maximum absolute atomic E-state index is 12.4. The molecule has 2 amide bonds. The lowest BCUT2D eigenvalue weighted by Crippen LogP contribution is -2.27. The van der Waals surface area contributed by atoms with E-state index in [1.54, 1.807) is 17.0 Å². The molecule has 1 fully saturated rings. The SMILES string of the molecule is O=C(NCCCn1cnc2ccccc21)c1cccc(N2CCCC2=O)c1. The molecule has 1 N–H and O–H groups in total. The zero-order valence-corrected chi connectivity index (χ0v) is 15.1. The molecule has 0 bridgehead atoms. The van der Waals surface area contributed by atoms with Crippen molar-refractivity contribution < 1.29 is 9.59 Å². The van der Waals surface area contributed by atoms with E-state index in [1.807, 2.05) is 42.7 Å². The van der Waals surface area contributed by atoms with Gasteiger partial charge in [0.05, 0.1) is 17.4 Å². The minimum Gasteiger partial charge on any atom is -0.352 e. The van der Waals surface area contributed by atoms with Crippen molar-refractivity contribution >= 4 is 28.5 Å². The molecule has 2 heterocycles. The molecule has 0 spiro atoms. The number of anilines is 1. The van der Waals surface area contributed by atoms with E-state index in [0.717, 1.165) is 42.7 Å². The van der Waals surface area contributed by atoms with Crippen LogP contribution in [0.5, 0.6) is 0 Å². The number of nitrogens with zero attached hydrogens (tertiary/aromatic N) is 3. The first-order chi connectivity index (χ1) is 13.2. The van der Waals surface area contributed by atoms with E-state index >= 15 is 0 Å². The van der Waals surface area contributed by atoms with E-state index in [1.165, 1.54) is 0 Å². The molecule has 138 valence electrons. The zero-order chi connectivity index (χ0) is 18.6. The summed E-state index contributed by atoms with van der Waals surface area (Å²) in [6.07, 6.45) is 4.11. The van der Waals surface area contributed by atoms with Gasteiger partial charge in [-0.3, -0.25) is 9.59 Å². The minimum absolute atomic E-state index is 0.112. The highest BCUT2D eigenvalue weighted by Gasteiger charge is 2.22. The van der Waals surface area contributed by atoms with Crippen LogP contribution >= 0.6 is 0 Å². The highest BCUT2D eigenvalue weighted by molar-refractivity contribution is 5.99. The molecule has 0 saturated carbocycles. The fraction of sp³-hybridized carbons (Fsp3) is 0.286. The number of carbonyl (C=O) groups excluding carboxylic acids is 2. The molecule has 0 atom stereocenters. The summed E-state index contributed by atoms with van der Waals surface area (Å²) in [5.41, 5.74) is 3.47. The van der Waals surface area contributed by atoms with Gasteiger partial charge in [0.25, 0.3) is 5.91 Å². The lowest BCUT2D eigenvalue weighted by atomic mass is 10.1. The van der Waals surface area contributed by atoms with Crippen molar-refractivity contribution in [3.05, 3.63) is 60.4 Å². The van der Waals surface area contributed by atoms with E-state index in [2.05, 4.69) is 14.9 Å². The second kappa shape index (κ2) is 7.61. The lowest BCUT2D eigenvalue weighted by Gasteiger charge is -2.16. The number of nitrogens with one attached hydrogen (secondary N) is 1. The van der Waals surface area contributed by atoms with Crippen LogP contribution in [0.2, 0.25) is 0 Å². The Morgan fingerprint density at radius 1 is 1.15 bits per heavy atom. The molecule has 1 saturated heterocycles.